The van der Waals surface area contributed by atoms with Gasteiger partial charge in [-0.25, -0.2) is 9.79 Å². The zero-order valence-corrected chi connectivity index (χ0v) is 28.2. The zero-order valence-electron chi connectivity index (χ0n) is 25.9. The molecule has 46 heavy (non-hydrogen) atoms. The molecule has 1 aliphatic heterocycles. The molecule has 0 N–H and O–H groups in total. The molecule has 0 spiro atoms. The minimum absolute atomic E-state index is 0.174. The van der Waals surface area contributed by atoms with Gasteiger partial charge in [0.05, 0.1) is 49.3 Å². The molecule has 0 amide bonds. The summed E-state index contributed by atoms with van der Waals surface area (Å²) in [5, 5.41) is 1.05. The van der Waals surface area contributed by atoms with Gasteiger partial charge < -0.3 is 23.7 Å². The quantitative estimate of drug-likeness (QED) is 0.176. The van der Waals surface area contributed by atoms with Gasteiger partial charge in [0.1, 0.15) is 6.61 Å². The van der Waals surface area contributed by atoms with Crippen molar-refractivity contribution in [3.05, 3.63) is 112 Å². The summed E-state index contributed by atoms with van der Waals surface area (Å²) in [5.74, 6) is 1.47. The summed E-state index contributed by atoms with van der Waals surface area (Å²) in [6.07, 6.45) is 1.77. The second kappa shape index (κ2) is 14.5. The van der Waals surface area contributed by atoms with Gasteiger partial charge in [-0.3, -0.25) is 9.36 Å². The predicted molar refractivity (Wildman–Crippen MR) is 178 cm³/mol. The molecular formula is C34H32Cl2N2O7S. The topological polar surface area (TPSA) is 97.6 Å². The number of methoxy groups -OCH3 is 2. The fraction of sp³-hybridized carbons (Fsp3) is 0.265. The largest absolute Gasteiger partial charge is 0.493 e. The van der Waals surface area contributed by atoms with Crippen molar-refractivity contribution in [1.29, 1.82) is 0 Å². The Hall–Kier alpha value is -4.25. The summed E-state index contributed by atoms with van der Waals surface area (Å²) >= 11 is 13.6. The van der Waals surface area contributed by atoms with Crippen LogP contribution >= 0.6 is 34.5 Å². The lowest BCUT2D eigenvalue weighted by molar-refractivity contribution is -0.139. The Balaban J connectivity index is 1.57. The molecule has 1 unspecified atom stereocenters. The van der Waals surface area contributed by atoms with Gasteiger partial charge in [0, 0.05) is 15.6 Å². The third-order valence-corrected chi connectivity index (χ3v) is 8.77. The van der Waals surface area contributed by atoms with E-state index in [9.17, 15) is 9.59 Å². The molecule has 0 fully saturated rings. The third-order valence-electron chi connectivity index (χ3n) is 7.20. The van der Waals surface area contributed by atoms with Gasteiger partial charge >= 0.3 is 5.97 Å². The second-order valence-electron chi connectivity index (χ2n) is 10.1. The van der Waals surface area contributed by atoms with Crippen molar-refractivity contribution < 1.29 is 28.5 Å². The molecule has 1 aliphatic rings. The van der Waals surface area contributed by atoms with E-state index in [2.05, 4.69) is 4.99 Å². The van der Waals surface area contributed by atoms with E-state index >= 15 is 0 Å². The lowest BCUT2D eigenvalue weighted by Crippen LogP contribution is -2.39. The third kappa shape index (κ3) is 6.79. The molecule has 12 heteroatoms. The molecule has 0 saturated carbocycles. The number of hydrogen-bond donors (Lipinski definition) is 0. The number of allylic oxidation sites excluding steroid dienone is 1. The van der Waals surface area contributed by atoms with Crippen molar-refractivity contribution in [2.24, 2.45) is 4.99 Å². The number of hydrogen-bond acceptors (Lipinski definition) is 9. The van der Waals surface area contributed by atoms with Crippen LogP contribution in [0.3, 0.4) is 0 Å². The Morgan fingerprint density at radius 1 is 0.935 bits per heavy atom. The van der Waals surface area contributed by atoms with E-state index in [1.165, 1.54) is 23.0 Å². The molecule has 5 rings (SSSR count). The van der Waals surface area contributed by atoms with Gasteiger partial charge in [-0.1, -0.05) is 52.7 Å². The molecule has 240 valence electrons. The van der Waals surface area contributed by atoms with E-state index in [1.54, 1.807) is 63.4 Å². The van der Waals surface area contributed by atoms with Crippen LogP contribution in [-0.4, -0.2) is 38.0 Å². The number of nitrogens with zero attached hydrogens (tertiary/aromatic N) is 2. The van der Waals surface area contributed by atoms with Gasteiger partial charge in [0.25, 0.3) is 5.56 Å². The van der Waals surface area contributed by atoms with Gasteiger partial charge in [-0.05, 0) is 74.4 Å². The number of ether oxygens (including phenoxy) is 5. The minimum Gasteiger partial charge on any atom is -0.493 e. The Morgan fingerprint density at radius 2 is 1.70 bits per heavy atom. The molecule has 0 radical (unpaired) electrons. The molecule has 4 aromatic rings. The van der Waals surface area contributed by atoms with Crippen LogP contribution in [0.1, 0.15) is 43.5 Å². The first-order valence-corrected chi connectivity index (χ1v) is 16.0. The van der Waals surface area contributed by atoms with E-state index in [1.807, 2.05) is 25.1 Å². The van der Waals surface area contributed by atoms with Gasteiger partial charge in [0.2, 0.25) is 0 Å². The number of carbonyl (C=O) groups excluding carboxylic acids is 1. The van der Waals surface area contributed by atoms with Gasteiger partial charge in [-0.15, -0.1) is 0 Å². The number of aromatic nitrogens is 1. The SMILES string of the molecule is CCOC(=O)C1=C(C)N=c2sc(=Cc3ccc(OCc4ccc(Cl)cc4Cl)c(OCC)c3)c(=O)n2C1c1ccc(OC)c(OC)c1. The van der Waals surface area contributed by atoms with Crippen LogP contribution in [0.15, 0.2) is 75.7 Å². The van der Waals surface area contributed by atoms with E-state index in [4.69, 9.17) is 46.9 Å². The smallest absolute Gasteiger partial charge is 0.338 e. The molecule has 9 nitrogen and oxygen atoms in total. The van der Waals surface area contributed by atoms with Crippen LogP contribution in [0.4, 0.5) is 0 Å². The van der Waals surface area contributed by atoms with E-state index in [0.717, 1.165) is 11.1 Å². The van der Waals surface area contributed by atoms with E-state index in [0.29, 0.717) is 60.2 Å². The van der Waals surface area contributed by atoms with Crippen LogP contribution in [-0.2, 0) is 16.1 Å². The number of thiazole rings is 1. The highest BCUT2D eigenvalue weighted by Gasteiger charge is 2.34. The van der Waals surface area contributed by atoms with Gasteiger partial charge in [0.15, 0.2) is 27.8 Å². The van der Waals surface area contributed by atoms with Crippen molar-refractivity contribution >= 4 is 46.6 Å². The number of carbonyl (C=O) groups is 1. The Bertz CT molecular complexity index is 2000. The summed E-state index contributed by atoms with van der Waals surface area (Å²) in [4.78, 5) is 32.4. The predicted octanol–water partition coefficient (Wildman–Crippen LogP) is 6.10. The average molecular weight is 684 g/mol. The lowest BCUT2D eigenvalue weighted by atomic mass is 9.95. The van der Waals surface area contributed by atoms with E-state index in [-0.39, 0.29) is 24.3 Å². The number of fused-ring (bicyclic) bond motifs is 1. The second-order valence-corrected chi connectivity index (χ2v) is 11.9. The molecule has 0 aliphatic carbocycles. The summed E-state index contributed by atoms with van der Waals surface area (Å²) in [6, 6.07) is 15.1. The molecule has 3 aromatic carbocycles. The van der Waals surface area contributed by atoms with Crippen LogP contribution in [0.2, 0.25) is 10.0 Å². The summed E-state index contributed by atoms with van der Waals surface area (Å²) in [6.45, 7) is 6.14. The lowest BCUT2D eigenvalue weighted by Gasteiger charge is -2.25. The number of benzene rings is 3. The maximum absolute atomic E-state index is 14.1. The maximum atomic E-state index is 14.1. The molecule has 0 saturated heterocycles. The first kappa shape index (κ1) is 33.1. The van der Waals surface area contributed by atoms with Gasteiger partial charge in [-0.2, -0.15) is 0 Å². The van der Waals surface area contributed by atoms with Crippen LogP contribution in [0.25, 0.3) is 6.08 Å². The van der Waals surface area contributed by atoms with Crippen LogP contribution in [0.5, 0.6) is 23.0 Å². The highest BCUT2D eigenvalue weighted by Crippen LogP contribution is 2.36. The molecule has 2 heterocycles. The zero-order chi connectivity index (χ0) is 33.0. The van der Waals surface area contributed by atoms with Crippen molar-refractivity contribution in [3.63, 3.8) is 0 Å². The monoisotopic (exact) mass is 682 g/mol. The minimum atomic E-state index is -0.799. The number of esters is 1. The Labute approximate surface area is 279 Å². The van der Waals surface area contributed by atoms with Crippen molar-refractivity contribution in [3.8, 4) is 23.0 Å². The molecule has 0 bridgehead atoms. The van der Waals surface area contributed by atoms with Crippen molar-refractivity contribution in [2.75, 3.05) is 27.4 Å². The first-order chi connectivity index (χ1) is 22.2. The standard InChI is InChI=1S/C34H32Cl2N2O7S/c1-6-43-28-14-20(8-12-26(28)45-18-22-9-11-23(35)17-24(22)36)15-29-32(39)38-31(21-10-13-25(41-4)27(16-21)42-5)30(33(40)44-7-2)19(3)37-34(38)46-29/h8-17,31H,6-7,18H2,1-5H3. The Morgan fingerprint density at radius 3 is 2.39 bits per heavy atom. The van der Waals surface area contributed by atoms with E-state index < -0.39 is 12.0 Å². The fourth-order valence-electron chi connectivity index (χ4n) is 5.08. The molecular weight excluding hydrogens is 651 g/mol. The molecule has 1 atom stereocenters. The summed E-state index contributed by atoms with van der Waals surface area (Å²) in [7, 11) is 3.07. The first-order valence-electron chi connectivity index (χ1n) is 14.4. The van der Waals surface area contributed by atoms with Crippen molar-refractivity contribution in [1.82, 2.24) is 4.57 Å². The molecule has 1 aromatic heterocycles. The number of halogens is 2. The summed E-state index contributed by atoms with van der Waals surface area (Å²) < 4.78 is 30.2. The highest BCUT2D eigenvalue weighted by molar-refractivity contribution is 7.07. The van der Waals surface area contributed by atoms with Crippen molar-refractivity contribution in [2.45, 2.75) is 33.4 Å². The van der Waals surface area contributed by atoms with Crippen LogP contribution in [0, 0.1) is 0 Å². The maximum Gasteiger partial charge on any atom is 0.338 e. The summed E-state index contributed by atoms with van der Waals surface area (Å²) in [5.41, 5.74) is 2.56. The van der Waals surface area contributed by atoms with Crippen LogP contribution < -0.4 is 33.8 Å². The average Bonchev–Trinajstić information content (AvgIpc) is 3.34. The highest BCUT2D eigenvalue weighted by atomic mass is 35.5. The Kier molecular flexibility index (Phi) is 10.4. The fourth-order valence-corrected chi connectivity index (χ4v) is 6.59. The number of rotatable bonds is 11. The normalized spacial score (nSPS) is 14.4.